The Balaban J connectivity index is 2.05. The maximum Gasteiger partial charge on any atom is 0.426 e. The fourth-order valence-electron chi connectivity index (χ4n) is 1.66. The summed E-state index contributed by atoms with van der Waals surface area (Å²) in [5.41, 5.74) is 0.926. The summed E-state index contributed by atoms with van der Waals surface area (Å²) in [5.74, 6) is 0.273. The molecule has 0 aliphatic heterocycles. The second-order valence-corrected chi connectivity index (χ2v) is 7.05. The highest BCUT2D eigenvalue weighted by Crippen LogP contribution is 2.19. The van der Waals surface area contributed by atoms with Crippen LogP contribution in [0.4, 0.5) is 4.79 Å². The van der Waals surface area contributed by atoms with Gasteiger partial charge in [-0.25, -0.2) is 17.9 Å². The van der Waals surface area contributed by atoms with E-state index in [0.29, 0.717) is 0 Å². The van der Waals surface area contributed by atoms with Crippen LogP contribution in [-0.4, -0.2) is 20.8 Å². The van der Waals surface area contributed by atoms with Crippen molar-refractivity contribution < 1.29 is 17.9 Å². The zero-order valence-electron chi connectivity index (χ0n) is 12.1. The van der Waals surface area contributed by atoms with Crippen LogP contribution in [-0.2, 0) is 10.0 Å². The Hall–Kier alpha value is -1.99. The SMILES string of the molecule is CSc1ccc(OC(=O)NS(=O)(=O)c2ccc(C)cc2)cc1. The Kier molecular flexibility index (Phi) is 5.10. The summed E-state index contributed by atoms with van der Waals surface area (Å²) in [7, 11) is -3.94. The lowest BCUT2D eigenvalue weighted by atomic mass is 10.2. The van der Waals surface area contributed by atoms with Gasteiger partial charge in [0.05, 0.1) is 4.90 Å². The van der Waals surface area contributed by atoms with Crippen LogP contribution in [0.3, 0.4) is 0 Å². The van der Waals surface area contributed by atoms with Crippen molar-refractivity contribution in [1.82, 2.24) is 4.72 Å². The molecule has 0 aliphatic carbocycles. The molecule has 0 aliphatic rings. The molecule has 2 aromatic rings. The zero-order chi connectivity index (χ0) is 16.2. The van der Waals surface area contributed by atoms with Crippen LogP contribution in [0.5, 0.6) is 5.75 Å². The van der Waals surface area contributed by atoms with Crippen molar-refractivity contribution in [3.63, 3.8) is 0 Å². The lowest BCUT2D eigenvalue weighted by Gasteiger charge is -2.08. The number of ether oxygens (including phenoxy) is 1. The Morgan fingerprint density at radius 2 is 1.64 bits per heavy atom. The molecule has 0 aromatic heterocycles. The van der Waals surface area contributed by atoms with Crippen LogP contribution in [0, 0.1) is 6.92 Å². The van der Waals surface area contributed by atoms with Crippen LogP contribution in [0.25, 0.3) is 0 Å². The fraction of sp³-hybridized carbons (Fsp3) is 0.133. The highest BCUT2D eigenvalue weighted by Gasteiger charge is 2.18. The third-order valence-corrected chi connectivity index (χ3v) is 4.89. The minimum Gasteiger partial charge on any atom is -0.410 e. The fourth-order valence-corrected chi connectivity index (χ4v) is 2.94. The number of rotatable bonds is 4. The van der Waals surface area contributed by atoms with E-state index in [4.69, 9.17) is 4.74 Å². The van der Waals surface area contributed by atoms with Gasteiger partial charge < -0.3 is 4.74 Å². The predicted molar refractivity (Wildman–Crippen MR) is 85.7 cm³/mol. The number of carbonyl (C=O) groups excluding carboxylic acids is 1. The lowest BCUT2D eigenvalue weighted by molar-refractivity contribution is 0.207. The molecule has 116 valence electrons. The van der Waals surface area contributed by atoms with Gasteiger partial charge >= 0.3 is 6.09 Å². The quantitative estimate of drug-likeness (QED) is 0.868. The standard InChI is InChI=1S/C15H15NO4S2/c1-11-3-9-14(10-4-11)22(18,19)16-15(17)20-12-5-7-13(21-2)8-6-12/h3-10H,1-2H3,(H,16,17). The highest BCUT2D eigenvalue weighted by molar-refractivity contribution is 7.98. The van der Waals surface area contributed by atoms with E-state index in [1.165, 1.54) is 12.1 Å². The Morgan fingerprint density at radius 3 is 2.18 bits per heavy atom. The molecule has 2 aromatic carbocycles. The molecule has 22 heavy (non-hydrogen) atoms. The largest absolute Gasteiger partial charge is 0.426 e. The second kappa shape index (κ2) is 6.85. The molecular formula is C15H15NO4S2. The van der Waals surface area contributed by atoms with Crippen molar-refractivity contribution in [3.05, 3.63) is 54.1 Å². The molecule has 0 spiro atoms. The van der Waals surface area contributed by atoms with Crippen molar-refractivity contribution >= 4 is 27.9 Å². The number of sulfonamides is 1. The number of thioether (sulfide) groups is 1. The summed E-state index contributed by atoms with van der Waals surface area (Å²) in [6.07, 6.45) is 0.883. The third kappa shape index (κ3) is 4.25. The number of amides is 1. The summed E-state index contributed by atoms with van der Waals surface area (Å²) in [4.78, 5) is 12.7. The molecule has 1 amide bonds. The van der Waals surface area contributed by atoms with Gasteiger partial charge in [-0.1, -0.05) is 17.7 Å². The van der Waals surface area contributed by atoms with Crippen molar-refractivity contribution in [3.8, 4) is 5.75 Å². The van der Waals surface area contributed by atoms with Gasteiger partial charge in [0.2, 0.25) is 0 Å². The van der Waals surface area contributed by atoms with E-state index in [1.807, 2.05) is 17.9 Å². The first-order valence-corrected chi connectivity index (χ1v) is 9.07. The van der Waals surface area contributed by atoms with Gasteiger partial charge in [-0.2, -0.15) is 0 Å². The van der Waals surface area contributed by atoms with Crippen molar-refractivity contribution in [2.75, 3.05) is 6.26 Å². The minimum atomic E-state index is -3.94. The summed E-state index contributed by atoms with van der Waals surface area (Å²) < 4.78 is 30.9. The molecule has 0 radical (unpaired) electrons. The molecule has 0 saturated carbocycles. The van der Waals surface area contributed by atoms with Gasteiger partial charge in [0.1, 0.15) is 5.75 Å². The van der Waals surface area contributed by atoms with Crippen LogP contribution in [0.1, 0.15) is 5.56 Å². The van der Waals surface area contributed by atoms with E-state index in [2.05, 4.69) is 0 Å². The van der Waals surface area contributed by atoms with Gasteiger partial charge in [-0.05, 0) is 49.6 Å². The zero-order valence-corrected chi connectivity index (χ0v) is 13.7. The van der Waals surface area contributed by atoms with Gasteiger partial charge in [0, 0.05) is 4.90 Å². The van der Waals surface area contributed by atoms with Crippen molar-refractivity contribution in [2.24, 2.45) is 0 Å². The van der Waals surface area contributed by atoms with E-state index in [1.54, 1.807) is 48.2 Å². The summed E-state index contributed by atoms with van der Waals surface area (Å²) in [6.45, 7) is 1.84. The monoisotopic (exact) mass is 337 g/mol. The van der Waals surface area contributed by atoms with Crippen LogP contribution in [0.2, 0.25) is 0 Å². The number of nitrogens with one attached hydrogen (secondary N) is 1. The number of hydrogen-bond acceptors (Lipinski definition) is 5. The molecule has 1 N–H and O–H groups in total. The van der Waals surface area contributed by atoms with Gasteiger partial charge in [0.15, 0.2) is 0 Å². The topological polar surface area (TPSA) is 72.5 Å². The summed E-state index contributed by atoms with van der Waals surface area (Å²) in [6, 6.07) is 12.9. The predicted octanol–water partition coefficient (Wildman–Crippen LogP) is 3.19. The molecule has 5 nitrogen and oxygen atoms in total. The molecule has 0 fully saturated rings. The number of aryl methyl sites for hydroxylation is 1. The molecule has 0 atom stereocenters. The molecule has 0 heterocycles. The molecule has 2 rings (SSSR count). The van der Waals surface area contributed by atoms with Crippen LogP contribution < -0.4 is 9.46 Å². The molecule has 0 unspecified atom stereocenters. The second-order valence-electron chi connectivity index (χ2n) is 4.48. The number of hydrogen-bond donors (Lipinski definition) is 1. The maximum atomic E-state index is 12.0. The lowest BCUT2D eigenvalue weighted by Crippen LogP contribution is -2.33. The first-order chi connectivity index (χ1) is 10.4. The normalized spacial score (nSPS) is 11.0. The maximum absolute atomic E-state index is 12.0. The van der Waals surface area contributed by atoms with E-state index in [9.17, 15) is 13.2 Å². The van der Waals surface area contributed by atoms with E-state index >= 15 is 0 Å². The molecular weight excluding hydrogens is 322 g/mol. The van der Waals surface area contributed by atoms with Gasteiger partial charge in [-0.3, -0.25) is 0 Å². The van der Waals surface area contributed by atoms with E-state index < -0.39 is 16.1 Å². The van der Waals surface area contributed by atoms with E-state index in [-0.39, 0.29) is 10.6 Å². The van der Waals surface area contributed by atoms with Crippen LogP contribution in [0.15, 0.2) is 58.3 Å². The molecule has 0 saturated heterocycles. The summed E-state index contributed by atoms with van der Waals surface area (Å²) >= 11 is 1.55. The third-order valence-electron chi connectivity index (χ3n) is 2.82. The Bertz CT molecular complexity index is 753. The van der Waals surface area contributed by atoms with E-state index in [0.717, 1.165) is 10.5 Å². The smallest absolute Gasteiger partial charge is 0.410 e. The first-order valence-electron chi connectivity index (χ1n) is 6.36. The first kappa shape index (κ1) is 16.4. The van der Waals surface area contributed by atoms with Crippen molar-refractivity contribution in [2.45, 2.75) is 16.7 Å². The average Bonchev–Trinajstić information content (AvgIpc) is 2.48. The summed E-state index contributed by atoms with van der Waals surface area (Å²) in [5, 5.41) is 0. The Morgan fingerprint density at radius 1 is 1.05 bits per heavy atom. The highest BCUT2D eigenvalue weighted by atomic mass is 32.2. The number of carbonyl (C=O) groups is 1. The minimum absolute atomic E-state index is 0.00720. The molecule has 7 heteroatoms. The van der Waals surface area contributed by atoms with Crippen molar-refractivity contribution in [1.29, 1.82) is 0 Å². The average molecular weight is 337 g/mol. The Labute approximate surface area is 133 Å². The van der Waals surface area contributed by atoms with Crippen LogP contribution >= 0.6 is 11.8 Å². The number of benzene rings is 2. The van der Waals surface area contributed by atoms with Gasteiger partial charge in [0.25, 0.3) is 10.0 Å². The van der Waals surface area contributed by atoms with Gasteiger partial charge in [-0.15, -0.1) is 11.8 Å². The molecule has 0 bridgehead atoms.